The maximum atomic E-state index is 11.1. The average molecular weight is 284 g/mol. The topological polar surface area (TPSA) is 116 Å². The van der Waals surface area contributed by atoms with Crippen LogP contribution in [0.4, 0.5) is 17.3 Å². The Labute approximate surface area is 117 Å². The Morgan fingerprint density at radius 2 is 2.05 bits per heavy atom. The van der Waals surface area contributed by atoms with Crippen LogP contribution >= 0.6 is 0 Å². The zero-order chi connectivity index (χ0) is 15.3. The summed E-state index contributed by atoms with van der Waals surface area (Å²) >= 11 is 0. The average Bonchev–Trinajstić information content (AvgIpc) is 2.34. The first-order chi connectivity index (χ1) is 9.26. The number of aromatic nitrogens is 2. The zero-order valence-corrected chi connectivity index (χ0v) is 12.0. The van der Waals surface area contributed by atoms with Crippen LogP contribution in [0.15, 0.2) is 6.33 Å². The van der Waals surface area contributed by atoms with Crippen LogP contribution in [0.1, 0.15) is 6.92 Å². The van der Waals surface area contributed by atoms with Crippen LogP contribution in [0.2, 0.25) is 0 Å². The van der Waals surface area contributed by atoms with Crippen molar-refractivity contribution in [3.8, 4) is 0 Å². The molecule has 20 heavy (non-hydrogen) atoms. The SMILES string of the molecule is CNc1ncnc(NCC(C)(O)CN(C)C)c1[N+](=O)[O-]. The summed E-state index contributed by atoms with van der Waals surface area (Å²) in [5, 5.41) is 26.7. The van der Waals surface area contributed by atoms with Gasteiger partial charge in [-0.2, -0.15) is 0 Å². The molecule has 0 amide bonds. The molecule has 9 nitrogen and oxygen atoms in total. The molecule has 1 rings (SSSR count). The molecule has 0 aliphatic rings. The summed E-state index contributed by atoms with van der Waals surface area (Å²) in [6, 6.07) is 0. The number of hydrogen-bond donors (Lipinski definition) is 3. The summed E-state index contributed by atoms with van der Waals surface area (Å²) in [6.07, 6.45) is 1.22. The Balaban J connectivity index is 2.90. The molecule has 1 atom stereocenters. The quantitative estimate of drug-likeness (QED) is 0.478. The normalized spacial score (nSPS) is 13.9. The van der Waals surface area contributed by atoms with Gasteiger partial charge in [-0.1, -0.05) is 0 Å². The summed E-state index contributed by atoms with van der Waals surface area (Å²) < 4.78 is 0. The fourth-order valence-corrected chi connectivity index (χ4v) is 1.88. The largest absolute Gasteiger partial charge is 0.387 e. The van der Waals surface area contributed by atoms with Crippen molar-refractivity contribution < 1.29 is 10.0 Å². The number of likely N-dealkylation sites (N-methyl/N-ethyl adjacent to an activating group) is 1. The van der Waals surface area contributed by atoms with Gasteiger partial charge in [0.2, 0.25) is 11.6 Å². The molecular formula is C11H20N6O3. The van der Waals surface area contributed by atoms with Crippen molar-refractivity contribution in [2.24, 2.45) is 0 Å². The Morgan fingerprint density at radius 1 is 1.45 bits per heavy atom. The zero-order valence-electron chi connectivity index (χ0n) is 12.0. The number of nitrogens with zero attached hydrogens (tertiary/aromatic N) is 4. The summed E-state index contributed by atoms with van der Waals surface area (Å²) in [5.41, 5.74) is -1.28. The molecule has 0 aliphatic heterocycles. The van der Waals surface area contributed by atoms with Crippen molar-refractivity contribution in [2.75, 3.05) is 44.9 Å². The molecule has 0 saturated heterocycles. The van der Waals surface area contributed by atoms with Crippen LogP contribution in [0, 0.1) is 10.1 Å². The Bertz CT molecular complexity index is 477. The van der Waals surface area contributed by atoms with Crippen molar-refractivity contribution >= 4 is 17.3 Å². The lowest BCUT2D eigenvalue weighted by molar-refractivity contribution is -0.383. The van der Waals surface area contributed by atoms with Crippen LogP contribution < -0.4 is 10.6 Å². The number of rotatable bonds is 7. The van der Waals surface area contributed by atoms with E-state index in [9.17, 15) is 15.2 Å². The predicted octanol–water partition coefficient (Wildman–Crippen LogP) is 0.151. The van der Waals surface area contributed by atoms with E-state index in [2.05, 4.69) is 20.6 Å². The maximum absolute atomic E-state index is 11.1. The van der Waals surface area contributed by atoms with Gasteiger partial charge in [-0.3, -0.25) is 10.1 Å². The van der Waals surface area contributed by atoms with Crippen LogP contribution in [-0.4, -0.2) is 64.7 Å². The van der Waals surface area contributed by atoms with E-state index in [1.165, 1.54) is 6.33 Å². The van der Waals surface area contributed by atoms with Crippen LogP contribution in [0.5, 0.6) is 0 Å². The van der Waals surface area contributed by atoms with E-state index in [0.717, 1.165) is 0 Å². The van der Waals surface area contributed by atoms with Crippen molar-refractivity contribution in [2.45, 2.75) is 12.5 Å². The van der Waals surface area contributed by atoms with Gasteiger partial charge in [0.05, 0.1) is 10.5 Å². The highest BCUT2D eigenvalue weighted by Gasteiger charge is 2.26. The Morgan fingerprint density at radius 3 is 2.55 bits per heavy atom. The third-order valence-corrected chi connectivity index (χ3v) is 2.54. The molecule has 9 heteroatoms. The third-order valence-electron chi connectivity index (χ3n) is 2.54. The minimum Gasteiger partial charge on any atom is -0.387 e. The molecule has 0 fully saturated rings. The minimum absolute atomic E-state index is 0.0772. The molecule has 0 radical (unpaired) electrons. The number of anilines is 2. The number of nitrogens with one attached hydrogen (secondary N) is 2. The first kappa shape index (κ1) is 16.1. The molecule has 0 spiro atoms. The van der Waals surface area contributed by atoms with Gasteiger partial charge in [0, 0.05) is 20.1 Å². The highest BCUT2D eigenvalue weighted by Crippen LogP contribution is 2.28. The molecule has 0 aliphatic carbocycles. The van der Waals surface area contributed by atoms with Crippen LogP contribution in [-0.2, 0) is 0 Å². The molecule has 112 valence electrons. The van der Waals surface area contributed by atoms with Crippen molar-refractivity contribution in [3.63, 3.8) is 0 Å². The maximum Gasteiger partial charge on any atom is 0.353 e. The summed E-state index contributed by atoms with van der Waals surface area (Å²) in [5.74, 6) is 0.202. The van der Waals surface area contributed by atoms with E-state index in [-0.39, 0.29) is 23.9 Å². The fraction of sp³-hybridized carbons (Fsp3) is 0.636. The Kier molecular flexibility index (Phi) is 5.17. The van der Waals surface area contributed by atoms with Crippen molar-refractivity contribution in [3.05, 3.63) is 16.4 Å². The lowest BCUT2D eigenvalue weighted by Gasteiger charge is -2.27. The van der Waals surface area contributed by atoms with Crippen LogP contribution in [0.25, 0.3) is 0 Å². The Hall–Kier alpha value is -2.00. The molecule has 0 bridgehead atoms. The molecule has 1 aromatic rings. The summed E-state index contributed by atoms with van der Waals surface area (Å²) in [4.78, 5) is 20.0. The second kappa shape index (κ2) is 6.44. The smallest absolute Gasteiger partial charge is 0.353 e. The molecule has 1 unspecified atom stereocenters. The molecular weight excluding hydrogens is 264 g/mol. The number of hydrogen-bond acceptors (Lipinski definition) is 8. The fourth-order valence-electron chi connectivity index (χ4n) is 1.88. The first-order valence-corrected chi connectivity index (χ1v) is 6.05. The molecule has 0 saturated carbocycles. The third kappa shape index (κ3) is 4.28. The van der Waals surface area contributed by atoms with Gasteiger partial charge in [0.25, 0.3) is 0 Å². The van der Waals surface area contributed by atoms with Gasteiger partial charge < -0.3 is 20.6 Å². The monoisotopic (exact) mass is 284 g/mol. The highest BCUT2D eigenvalue weighted by molar-refractivity contribution is 5.69. The molecule has 0 aromatic carbocycles. The van der Waals surface area contributed by atoms with E-state index in [1.54, 1.807) is 14.0 Å². The van der Waals surface area contributed by atoms with E-state index < -0.39 is 10.5 Å². The van der Waals surface area contributed by atoms with Crippen LogP contribution in [0.3, 0.4) is 0 Å². The van der Waals surface area contributed by atoms with E-state index in [0.29, 0.717) is 6.54 Å². The van der Waals surface area contributed by atoms with Gasteiger partial charge in [0.1, 0.15) is 6.33 Å². The molecule has 1 aromatic heterocycles. The first-order valence-electron chi connectivity index (χ1n) is 6.05. The van der Waals surface area contributed by atoms with Gasteiger partial charge >= 0.3 is 5.69 Å². The van der Waals surface area contributed by atoms with Gasteiger partial charge in [-0.15, -0.1) is 0 Å². The van der Waals surface area contributed by atoms with Crippen molar-refractivity contribution in [1.29, 1.82) is 0 Å². The van der Waals surface area contributed by atoms with Gasteiger partial charge in [0.15, 0.2) is 0 Å². The lowest BCUT2D eigenvalue weighted by atomic mass is 10.1. The van der Waals surface area contributed by atoms with Crippen molar-refractivity contribution in [1.82, 2.24) is 14.9 Å². The van der Waals surface area contributed by atoms with E-state index in [1.807, 2.05) is 19.0 Å². The summed E-state index contributed by atoms with van der Waals surface area (Å²) in [7, 11) is 5.21. The lowest BCUT2D eigenvalue weighted by Crippen LogP contribution is -2.43. The second-order valence-electron chi connectivity index (χ2n) is 5.01. The molecule has 3 N–H and O–H groups in total. The summed E-state index contributed by atoms with van der Waals surface area (Å²) in [6.45, 7) is 2.19. The van der Waals surface area contributed by atoms with Gasteiger partial charge in [-0.05, 0) is 21.0 Å². The van der Waals surface area contributed by atoms with Gasteiger partial charge in [-0.25, -0.2) is 9.97 Å². The predicted molar refractivity (Wildman–Crippen MR) is 75.9 cm³/mol. The number of nitro groups is 1. The second-order valence-corrected chi connectivity index (χ2v) is 5.01. The highest BCUT2D eigenvalue weighted by atomic mass is 16.6. The van der Waals surface area contributed by atoms with E-state index >= 15 is 0 Å². The molecule has 1 heterocycles. The standard InChI is InChI=1S/C11H20N6O3/c1-11(18,6-16(3)4)5-13-10-8(17(19)20)9(12-2)14-7-15-10/h7,18H,5-6H2,1-4H3,(H2,12,13,14,15). The van der Waals surface area contributed by atoms with E-state index in [4.69, 9.17) is 0 Å². The minimum atomic E-state index is -1.04. The number of aliphatic hydroxyl groups is 1.